The molecule has 0 aliphatic rings. The van der Waals surface area contributed by atoms with Crippen LogP contribution in [-0.4, -0.2) is 0 Å². The lowest BCUT2D eigenvalue weighted by molar-refractivity contribution is 0.669. The molecule has 0 saturated carbocycles. The number of benzene rings is 13. The number of hydrogen-bond donors (Lipinski definition) is 0. The zero-order chi connectivity index (χ0) is 40.2. The van der Waals surface area contributed by atoms with Crippen LogP contribution in [-0.2, 0) is 0 Å². The van der Waals surface area contributed by atoms with Gasteiger partial charge in [-0.2, -0.15) is 0 Å². The van der Waals surface area contributed by atoms with Gasteiger partial charge in [0.2, 0.25) is 0 Å². The molecular formula is C60H32OS. The van der Waals surface area contributed by atoms with Crippen LogP contribution in [0.5, 0.6) is 0 Å². The van der Waals surface area contributed by atoms with Crippen LogP contribution in [0, 0.1) is 0 Å². The van der Waals surface area contributed by atoms with E-state index in [4.69, 9.17) is 4.42 Å². The van der Waals surface area contributed by atoms with E-state index in [-0.39, 0.29) is 0 Å². The summed E-state index contributed by atoms with van der Waals surface area (Å²) in [5.74, 6) is 0. The molecule has 284 valence electrons. The van der Waals surface area contributed by atoms with Crippen molar-refractivity contribution in [1.82, 2.24) is 0 Å². The minimum Gasteiger partial charge on any atom is -0.456 e. The molecule has 0 amide bonds. The van der Waals surface area contributed by atoms with Gasteiger partial charge in [0.15, 0.2) is 0 Å². The Hall–Kier alpha value is -7.78. The number of thiophene rings is 1. The maximum Gasteiger partial charge on any atom is 0.135 e. The zero-order valence-electron chi connectivity index (χ0n) is 33.3. The van der Waals surface area contributed by atoms with Crippen LogP contribution in [0.15, 0.2) is 199 Å². The third-order valence-corrected chi connectivity index (χ3v) is 15.2. The van der Waals surface area contributed by atoms with E-state index in [0.29, 0.717) is 0 Å². The van der Waals surface area contributed by atoms with Crippen molar-refractivity contribution in [3.05, 3.63) is 194 Å². The van der Waals surface area contributed by atoms with Gasteiger partial charge in [-0.15, -0.1) is 11.3 Å². The van der Waals surface area contributed by atoms with Crippen molar-refractivity contribution in [2.45, 2.75) is 0 Å². The Morgan fingerprint density at radius 1 is 0.274 bits per heavy atom. The topological polar surface area (TPSA) is 13.1 Å². The first kappa shape index (κ1) is 33.0. The molecule has 2 heteroatoms. The van der Waals surface area contributed by atoms with E-state index in [1.807, 2.05) is 11.3 Å². The molecule has 0 spiro atoms. The maximum absolute atomic E-state index is 6.52. The highest BCUT2D eigenvalue weighted by atomic mass is 32.1. The van der Waals surface area contributed by atoms with E-state index < -0.39 is 0 Å². The molecule has 2 aromatic heterocycles. The Bertz CT molecular complexity index is 4400. The average molecular weight is 801 g/mol. The van der Waals surface area contributed by atoms with Crippen LogP contribution in [0.3, 0.4) is 0 Å². The normalized spacial score (nSPS) is 12.5. The molecule has 0 atom stereocenters. The molecule has 0 fully saturated rings. The summed E-state index contributed by atoms with van der Waals surface area (Å²) in [4.78, 5) is 0. The Balaban J connectivity index is 0.907. The standard InChI is InChI=1S/C60H32OS/c1-2-11-39-33(8-1)18-23-48-54-31-50-42-22-19-35(28-49(42)40-12-3-4-13-41(40)51(50)32-57(54)62-60(39)48)36-20-26-55-52(29-36)53-30-37(21-27-56(53)61-55)38-24-25-47-45-15-6-10-34-9-5-14-44(58(34)45)46-17-7-16-43(38)59(46)47/h1-32H. The van der Waals surface area contributed by atoms with Crippen LogP contribution < -0.4 is 0 Å². The number of fused-ring (bicyclic) bond motifs is 16. The van der Waals surface area contributed by atoms with Gasteiger partial charge < -0.3 is 4.42 Å². The van der Waals surface area contributed by atoms with E-state index in [0.717, 1.165) is 21.9 Å². The monoisotopic (exact) mass is 800 g/mol. The lowest BCUT2D eigenvalue weighted by atomic mass is 9.87. The molecular weight excluding hydrogens is 769 g/mol. The number of hydrogen-bond acceptors (Lipinski definition) is 2. The first-order valence-corrected chi connectivity index (χ1v) is 22.2. The minimum absolute atomic E-state index is 0.902. The third-order valence-electron chi connectivity index (χ3n) is 14.0. The molecule has 0 unspecified atom stereocenters. The predicted molar refractivity (Wildman–Crippen MR) is 269 cm³/mol. The summed E-state index contributed by atoms with van der Waals surface area (Å²) in [7, 11) is 0. The van der Waals surface area contributed by atoms with Gasteiger partial charge in [-0.05, 0) is 151 Å². The van der Waals surface area contributed by atoms with Gasteiger partial charge in [-0.1, -0.05) is 152 Å². The summed E-state index contributed by atoms with van der Waals surface area (Å²) in [6.45, 7) is 0. The van der Waals surface area contributed by atoms with Crippen molar-refractivity contribution < 1.29 is 4.42 Å². The molecule has 0 radical (unpaired) electrons. The van der Waals surface area contributed by atoms with Crippen molar-refractivity contribution in [1.29, 1.82) is 0 Å². The average Bonchev–Trinajstić information content (AvgIpc) is 3.90. The predicted octanol–water partition coefficient (Wildman–Crippen LogP) is 18.0. The fourth-order valence-electron chi connectivity index (χ4n) is 11.2. The maximum atomic E-state index is 6.52. The van der Waals surface area contributed by atoms with Crippen molar-refractivity contribution in [3.8, 4) is 22.3 Å². The Morgan fingerprint density at radius 3 is 1.58 bits per heavy atom. The smallest absolute Gasteiger partial charge is 0.135 e. The van der Waals surface area contributed by atoms with Gasteiger partial charge in [0.05, 0.1) is 0 Å². The van der Waals surface area contributed by atoms with Crippen molar-refractivity contribution in [2.75, 3.05) is 0 Å². The molecule has 0 bridgehead atoms. The van der Waals surface area contributed by atoms with Crippen LogP contribution in [0.1, 0.15) is 0 Å². The third kappa shape index (κ3) is 4.36. The quantitative estimate of drug-likeness (QED) is 0.125. The first-order chi connectivity index (χ1) is 30.7. The summed E-state index contributed by atoms with van der Waals surface area (Å²) >= 11 is 1.92. The molecule has 0 N–H and O–H groups in total. The SMILES string of the molecule is c1ccc2c(c1)ccc1c3cc4c5ccc(-c6ccc7oc8ccc(-c9ccc%10c%11cccc%12cccc(c%13cccc9c%13%10)c%12%11)cc8c7c6)cc5c5ccccc5c4cc3sc21. The van der Waals surface area contributed by atoms with Gasteiger partial charge in [-0.25, -0.2) is 0 Å². The Kier molecular flexibility index (Phi) is 6.36. The van der Waals surface area contributed by atoms with Crippen LogP contribution in [0.4, 0.5) is 0 Å². The van der Waals surface area contributed by atoms with Gasteiger partial charge in [-0.3, -0.25) is 0 Å². The zero-order valence-corrected chi connectivity index (χ0v) is 34.1. The molecule has 0 saturated heterocycles. The summed E-state index contributed by atoms with van der Waals surface area (Å²) in [6, 6.07) is 72.5. The molecule has 15 aromatic rings. The van der Waals surface area contributed by atoms with Gasteiger partial charge in [0, 0.05) is 30.9 Å². The summed E-state index contributed by atoms with van der Waals surface area (Å²) in [5.41, 5.74) is 6.61. The van der Waals surface area contributed by atoms with E-state index in [1.54, 1.807) is 0 Å². The summed E-state index contributed by atoms with van der Waals surface area (Å²) in [6.07, 6.45) is 0. The van der Waals surface area contributed by atoms with Crippen molar-refractivity contribution >= 4 is 140 Å². The number of rotatable bonds is 2. The second-order valence-electron chi connectivity index (χ2n) is 17.1. The highest BCUT2D eigenvalue weighted by Crippen LogP contribution is 2.46. The van der Waals surface area contributed by atoms with E-state index >= 15 is 0 Å². The van der Waals surface area contributed by atoms with Crippen LogP contribution in [0.2, 0.25) is 0 Å². The second-order valence-corrected chi connectivity index (χ2v) is 18.1. The Morgan fingerprint density at radius 2 is 0.790 bits per heavy atom. The molecule has 15 rings (SSSR count). The van der Waals surface area contributed by atoms with Gasteiger partial charge in [0.1, 0.15) is 11.2 Å². The van der Waals surface area contributed by atoms with E-state index in [9.17, 15) is 0 Å². The highest BCUT2D eigenvalue weighted by Gasteiger charge is 2.18. The fraction of sp³-hybridized carbons (Fsp3) is 0. The van der Waals surface area contributed by atoms with E-state index in [2.05, 4.69) is 194 Å². The molecule has 2 heterocycles. The van der Waals surface area contributed by atoms with Crippen molar-refractivity contribution in [2.24, 2.45) is 0 Å². The number of furan rings is 1. The lowest BCUT2D eigenvalue weighted by Gasteiger charge is -2.16. The first-order valence-electron chi connectivity index (χ1n) is 21.4. The summed E-state index contributed by atoms with van der Waals surface area (Å²) < 4.78 is 9.22. The fourth-order valence-corrected chi connectivity index (χ4v) is 12.4. The van der Waals surface area contributed by atoms with Crippen LogP contribution in [0.25, 0.3) is 151 Å². The van der Waals surface area contributed by atoms with Crippen molar-refractivity contribution in [3.63, 3.8) is 0 Å². The van der Waals surface area contributed by atoms with Gasteiger partial charge in [0.25, 0.3) is 0 Å². The Labute approximate surface area is 358 Å². The van der Waals surface area contributed by atoms with Crippen LogP contribution >= 0.6 is 11.3 Å². The highest BCUT2D eigenvalue weighted by molar-refractivity contribution is 7.26. The second kappa shape index (κ2) is 11.9. The van der Waals surface area contributed by atoms with Gasteiger partial charge >= 0.3 is 0 Å². The minimum atomic E-state index is 0.902. The lowest BCUT2D eigenvalue weighted by Crippen LogP contribution is -1.89. The summed E-state index contributed by atoms with van der Waals surface area (Å²) in [5, 5.41) is 25.8. The molecule has 1 nitrogen and oxygen atoms in total. The largest absolute Gasteiger partial charge is 0.456 e. The molecule has 62 heavy (non-hydrogen) atoms. The van der Waals surface area contributed by atoms with E-state index in [1.165, 1.54) is 129 Å². The molecule has 0 aliphatic heterocycles. The molecule has 13 aromatic carbocycles. The molecule has 0 aliphatic carbocycles.